The average Bonchev–Trinajstić information content (AvgIpc) is 3.42. The Morgan fingerprint density at radius 2 is 1.83 bits per heavy atom. The quantitative estimate of drug-likeness (QED) is 0.418. The highest BCUT2D eigenvalue weighted by Gasteiger charge is 2.41. The van der Waals surface area contributed by atoms with Gasteiger partial charge in [-0.05, 0) is 60.2 Å². The van der Waals surface area contributed by atoms with Crippen LogP contribution in [0.1, 0.15) is 47.6 Å². The molecule has 0 fully saturated rings. The first kappa shape index (κ1) is 24.0. The minimum absolute atomic E-state index is 0.00979. The van der Waals surface area contributed by atoms with Crippen LogP contribution in [-0.4, -0.2) is 18.9 Å². The molecule has 184 valence electrons. The summed E-state index contributed by atoms with van der Waals surface area (Å²) in [5.74, 6) is -0.711. The Hall–Kier alpha value is -3.71. The molecule has 1 aromatic heterocycles. The van der Waals surface area contributed by atoms with E-state index in [1.807, 2.05) is 30.5 Å². The van der Waals surface area contributed by atoms with Crippen LogP contribution in [0.3, 0.4) is 0 Å². The second-order valence-electron chi connectivity index (χ2n) is 9.01. The van der Waals surface area contributed by atoms with Crippen LogP contribution < -0.4 is 10.1 Å². The van der Waals surface area contributed by atoms with Gasteiger partial charge in [0.15, 0.2) is 5.78 Å². The summed E-state index contributed by atoms with van der Waals surface area (Å²) in [6, 6.07) is 17.3. The first-order valence-electron chi connectivity index (χ1n) is 11.8. The molecule has 2 atom stereocenters. The zero-order valence-corrected chi connectivity index (χ0v) is 20.9. The number of nitrogens with one attached hydrogen (secondary N) is 1. The Morgan fingerprint density at radius 1 is 1.08 bits per heavy atom. The number of esters is 1. The van der Waals surface area contributed by atoms with Crippen molar-refractivity contribution in [2.45, 2.75) is 38.2 Å². The van der Waals surface area contributed by atoms with Crippen LogP contribution in [0.2, 0.25) is 0 Å². The molecule has 2 aliphatic rings. The predicted octanol–water partition coefficient (Wildman–Crippen LogP) is 6.00. The first-order chi connectivity index (χ1) is 17.4. The lowest BCUT2D eigenvalue weighted by atomic mass is 9.72. The van der Waals surface area contributed by atoms with E-state index in [1.54, 1.807) is 42.7 Å². The van der Waals surface area contributed by atoms with Crippen molar-refractivity contribution in [1.82, 2.24) is 5.32 Å². The molecule has 0 saturated carbocycles. The van der Waals surface area contributed by atoms with Gasteiger partial charge in [-0.3, -0.25) is 4.79 Å². The van der Waals surface area contributed by atoms with E-state index in [-0.39, 0.29) is 24.1 Å². The summed E-state index contributed by atoms with van der Waals surface area (Å²) < 4.78 is 24.6. The third-order valence-electron chi connectivity index (χ3n) is 6.73. The Kier molecular flexibility index (Phi) is 6.74. The van der Waals surface area contributed by atoms with Gasteiger partial charge in [0.1, 0.15) is 18.2 Å². The second kappa shape index (κ2) is 10.1. The predicted molar refractivity (Wildman–Crippen MR) is 136 cm³/mol. The number of hydrogen-bond donors (Lipinski definition) is 1. The molecule has 1 aliphatic carbocycles. The van der Waals surface area contributed by atoms with E-state index in [4.69, 9.17) is 9.47 Å². The van der Waals surface area contributed by atoms with E-state index >= 15 is 0 Å². The topological polar surface area (TPSA) is 64.6 Å². The third kappa shape index (κ3) is 4.71. The van der Waals surface area contributed by atoms with Gasteiger partial charge in [0.05, 0.1) is 12.7 Å². The van der Waals surface area contributed by atoms with Crippen LogP contribution in [0.5, 0.6) is 5.75 Å². The number of ketones is 1. The van der Waals surface area contributed by atoms with Crippen LogP contribution in [0, 0.1) is 5.82 Å². The number of hydrogen-bond acceptors (Lipinski definition) is 6. The monoisotopic (exact) mass is 503 g/mol. The van der Waals surface area contributed by atoms with Crippen LogP contribution in [0.25, 0.3) is 0 Å². The number of thiophene rings is 1. The zero-order valence-electron chi connectivity index (χ0n) is 20.0. The molecule has 0 spiro atoms. The highest BCUT2D eigenvalue weighted by molar-refractivity contribution is 7.10. The first-order valence-corrected chi connectivity index (χ1v) is 12.7. The zero-order chi connectivity index (χ0) is 25.2. The van der Waals surface area contributed by atoms with Gasteiger partial charge in [0, 0.05) is 40.1 Å². The molecule has 2 heterocycles. The second-order valence-corrected chi connectivity index (χ2v) is 9.99. The SMILES string of the molecule is COc1ccc(COC(=O)C2=C(C)NC3=C(C(=O)C[C@@H](c4cccs4)C3)[C@H]2c2ccc(F)cc2)cc1. The van der Waals surface area contributed by atoms with Crippen molar-refractivity contribution >= 4 is 23.1 Å². The molecular weight excluding hydrogens is 477 g/mol. The van der Waals surface area contributed by atoms with Crippen molar-refractivity contribution in [2.24, 2.45) is 0 Å². The number of dihydropyridines is 1. The number of carbonyl (C=O) groups excluding carboxylic acids is 2. The Morgan fingerprint density at radius 3 is 2.50 bits per heavy atom. The number of rotatable bonds is 6. The lowest BCUT2D eigenvalue weighted by Gasteiger charge is -2.36. The lowest BCUT2D eigenvalue weighted by Crippen LogP contribution is -2.36. The van der Waals surface area contributed by atoms with E-state index in [2.05, 4.69) is 11.4 Å². The summed E-state index contributed by atoms with van der Waals surface area (Å²) in [4.78, 5) is 28.2. The van der Waals surface area contributed by atoms with E-state index in [9.17, 15) is 14.0 Å². The highest BCUT2D eigenvalue weighted by atomic mass is 32.1. The maximum Gasteiger partial charge on any atom is 0.337 e. The molecule has 0 amide bonds. The molecule has 7 heteroatoms. The van der Waals surface area contributed by atoms with Crippen molar-refractivity contribution in [3.05, 3.63) is 110 Å². The molecule has 36 heavy (non-hydrogen) atoms. The number of benzene rings is 2. The maximum absolute atomic E-state index is 13.8. The molecule has 3 aromatic rings. The molecule has 0 saturated heterocycles. The lowest BCUT2D eigenvalue weighted by molar-refractivity contribution is -0.140. The molecule has 1 aliphatic heterocycles. The largest absolute Gasteiger partial charge is 0.497 e. The fraction of sp³-hybridized carbons (Fsp3) is 0.241. The molecule has 1 N–H and O–H groups in total. The number of halogens is 1. The third-order valence-corrected chi connectivity index (χ3v) is 7.76. The minimum Gasteiger partial charge on any atom is -0.497 e. The van der Waals surface area contributed by atoms with Gasteiger partial charge in [-0.15, -0.1) is 11.3 Å². The van der Waals surface area contributed by atoms with Crippen LogP contribution in [0.15, 0.2) is 88.6 Å². The average molecular weight is 504 g/mol. The summed E-state index contributed by atoms with van der Waals surface area (Å²) in [6.07, 6.45) is 1.04. The Labute approximate surface area is 213 Å². The van der Waals surface area contributed by atoms with Gasteiger partial charge in [-0.25, -0.2) is 9.18 Å². The van der Waals surface area contributed by atoms with E-state index in [0.29, 0.717) is 41.0 Å². The van der Waals surface area contributed by atoms with Crippen molar-refractivity contribution in [3.8, 4) is 5.75 Å². The number of Topliss-reactive ketones (excluding diaryl/α,β-unsaturated/α-hetero) is 1. The smallest absolute Gasteiger partial charge is 0.337 e. The molecule has 5 rings (SSSR count). The number of methoxy groups -OCH3 is 1. The standard InChI is InChI=1S/C29H26FNO4S/c1-17-26(29(33)35-16-18-5-11-22(34-2)12-6-18)27(19-7-9-21(30)10-8-19)28-23(31-17)14-20(15-24(28)32)25-4-3-13-36-25/h3-13,20,27,31H,14-16H2,1-2H3/t20-,27-/m0/s1. The molecule has 2 aromatic carbocycles. The summed E-state index contributed by atoms with van der Waals surface area (Å²) in [5.41, 5.74) is 3.90. The van der Waals surface area contributed by atoms with Crippen LogP contribution in [0.4, 0.5) is 4.39 Å². The summed E-state index contributed by atoms with van der Waals surface area (Å²) in [6.45, 7) is 1.90. The summed E-state index contributed by atoms with van der Waals surface area (Å²) in [5, 5.41) is 5.36. The normalized spacial score (nSPS) is 19.6. The molecule has 0 radical (unpaired) electrons. The number of allylic oxidation sites excluding steroid dienone is 3. The fourth-order valence-electron chi connectivity index (χ4n) is 4.97. The number of ether oxygens (including phenoxy) is 2. The van der Waals surface area contributed by atoms with Crippen molar-refractivity contribution in [2.75, 3.05) is 7.11 Å². The summed E-state index contributed by atoms with van der Waals surface area (Å²) >= 11 is 1.64. The van der Waals surface area contributed by atoms with Crippen molar-refractivity contribution in [1.29, 1.82) is 0 Å². The van der Waals surface area contributed by atoms with Gasteiger partial charge in [-0.1, -0.05) is 30.3 Å². The Bertz CT molecular complexity index is 1340. The maximum atomic E-state index is 13.8. The van der Waals surface area contributed by atoms with E-state index in [0.717, 1.165) is 11.3 Å². The van der Waals surface area contributed by atoms with Gasteiger partial charge in [0.25, 0.3) is 0 Å². The van der Waals surface area contributed by atoms with Gasteiger partial charge < -0.3 is 14.8 Å². The van der Waals surface area contributed by atoms with Crippen LogP contribution >= 0.6 is 11.3 Å². The van der Waals surface area contributed by atoms with Crippen molar-refractivity contribution in [3.63, 3.8) is 0 Å². The minimum atomic E-state index is -0.623. The van der Waals surface area contributed by atoms with Gasteiger partial charge in [0.2, 0.25) is 0 Å². The number of carbonyl (C=O) groups is 2. The molecular formula is C29H26FNO4S. The Balaban J connectivity index is 1.47. The molecule has 0 unspecified atom stereocenters. The van der Waals surface area contributed by atoms with E-state index < -0.39 is 11.9 Å². The molecule has 0 bridgehead atoms. The van der Waals surface area contributed by atoms with Crippen molar-refractivity contribution < 1.29 is 23.5 Å². The van der Waals surface area contributed by atoms with E-state index in [1.165, 1.54) is 17.0 Å². The summed E-state index contributed by atoms with van der Waals surface area (Å²) in [7, 11) is 1.59. The fourth-order valence-corrected chi connectivity index (χ4v) is 5.80. The van der Waals surface area contributed by atoms with Gasteiger partial charge in [-0.2, -0.15) is 0 Å². The molecule has 5 nitrogen and oxygen atoms in total. The van der Waals surface area contributed by atoms with Gasteiger partial charge >= 0.3 is 5.97 Å². The van der Waals surface area contributed by atoms with Crippen LogP contribution in [-0.2, 0) is 20.9 Å². The highest BCUT2D eigenvalue weighted by Crippen LogP contribution is 2.46.